The lowest BCUT2D eigenvalue weighted by molar-refractivity contribution is -0.132. The number of nitrogens with zero attached hydrogens (tertiary/aromatic N) is 1. The van der Waals surface area contributed by atoms with Gasteiger partial charge >= 0.3 is 0 Å². The highest BCUT2D eigenvalue weighted by molar-refractivity contribution is 6.30. The average Bonchev–Trinajstić information content (AvgIpc) is 3.07. The molecule has 0 aliphatic carbocycles. The number of likely N-dealkylation sites (tertiary alicyclic amines) is 1. The van der Waals surface area contributed by atoms with Gasteiger partial charge in [0.15, 0.2) is 0 Å². The second kappa shape index (κ2) is 7.44. The molecule has 0 saturated carbocycles. The van der Waals surface area contributed by atoms with Crippen LogP contribution in [0.15, 0.2) is 24.3 Å². The summed E-state index contributed by atoms with van der Waals surface area (Å²) in [6, 6.07) is 8.07. The molecule has 22 heavy (non-hydrogen) atoms. The number of carbonyl (C=O) groups is 1. The quantitative estimate of drug-likeness (QED) is 0.896. The van der Waals surface area contributed by atoms with E-state index in [9.17, 15) is 4.79 Å². The number of hydrogen-bond donors (Lipinski definition) is 2. The molecule has 2 N–H and O–H groups in total. The van der Waals surface area contributed by atoms with Gasteiger partial charge in [0, 0.05) is 43.5 Å². The van der Waals surface area contributed by atoms with Crippen LogP contribution in [0.25, 0.3) is 0 Å². The standard InChI is InChI=1S/C17H24ClN3O/c18-16-6-4-14(5-7-16)15-2-1-9-21(12-15)17(22)8-3-13-10-19-20-11-13/h4-7,13,15,19-20H,1-3,8-12H2. The maximum absolute atomic E-state index is 12.4. The molecule has 0 aromatic heterocycles. The Hall–Kier alpha value is -1.10. The maximum atomic E-state index is 12.4. The first-order chi connectivity index (χ1) is 10.7. The van der Waals surface area contributed by atoms with Crippen LogP contribution < -0.4 is 10.9 Å². The van der Waals surface area contributed by atoms with Crippen LogP contribution in [-0.2, 0) is 4.79 Å². The maximum Gasteiger partial charge on any atom is 0.222 e. The minimum atomic E-state index is 0.311. The zero-order chi connectivity index (χ0) is 15.4. The zero-order valence-corrected chi connectivity index (χ0v) is 13.6. The van der Waals surface area contributed by atoms with Crippen molar-refractivity contribution in [3.63, 3.8) is 0 Å². The van der Waals surface area contributed by atoms with Crippen molar-refractivity contribution in [2.45, 2.75) is 31.6 Å². The Bertz CT molecular complexity index is 499. The second-order valence-corrected chi connectivity index (χ2v) is 6.83. The number of carbonyl (C=O) groups excluding carboxylic acids is 1. The largest absolute Gasteiger partial charge is 0.342 e. The number of nitrogens with one attached hydrogen (secondary N) is 2. The Kier molecular flexibility index (Phi) is 5.34. The first kappa shape index (κ1) is 15.8. The summed E-state index contributed by atoms with van der Waals surface area (Å²) in [5.74, 6) is 1.34. The van der Waals surface area contributed by atoms with Crippen LogP contribution in [0, 0.1) is 5.92 Å². The van der Waals surface area contributed by atoms with Gasteiger partial charge in [0.2, 0.25) is 5.91 Å². The molecule has 1 unspecified atom stereocenters. The van der Waals surface area contributed by atoms with Gasteiger partial charge in [-0.25, -0.2) is 0 Å². The number of hydrazine groups is 1. The Morgan fingerprint density at radius 3 is 2.68 bits per heavy atom. The zero-order valence-electron chi connectivity index (χ0n) is 12.9. The van der Waals surface area contributed by atoms with Gasteiger partial charge in [0.1, 0.15) is 0 Å². The molecule has 120 valence electrons. The lowest BCUT2D eigenvalue weighted by atomic mass is 9.90. The summed E-state index contributed by atoms with van der Waals surface area (Å²) >= 11 is 5.96. The summed E-state index contributed by atoms with van der Waals surface area (Å²) in [7, 11) is 0. The van der Waals surface area contributed by atoms with Crippen LogP contribution in [0.4, 0.5) is 0 Å². The number of piperidine rings is 1. The predicted molar refractivity (Wildman–Crippen MR) is 88.7 cm³/mol. The lowest BCUT2D eigenvalue weighted by Gasteiger charge is -2.33. The summed E-state index contributed by atoms with van der Waals surface area (Å²) in [6.45, 7) is 3.70. The van der Waals surface area contributed by atoms with Gasteiger partial charge in [-0.05, 0) is 42.9 Å². The summed E-state index contributed by atoms with van der Waals surface area (Å²) in [5.41, 5.74) is 7.54. The van der Waals surface area contributed by atoms with Gasteiger partial charge in [0.25, 0.3) is 0 Å². The molecule has 0 bridgehead atoms. The first-order valence-corrected chi connectivity index (χ1v) is 8.59. The summed E-state index contributed by atoms with van der Waals surface area (Å²) in [5, 5.41) is 0.770. The second-order valence-electron chi connectivity index (χ2n) is 6.40. The van der Waals surface area contributed by atoms with E-state index in [1.807, 2.05) is 12.1 Å². The molecule has 0 spiro atoms. The third-order valence-corrected chi connectivity index (χ3v) is 5.04. The molecule has 1 atom stereocenters. The molecule has 1 aromatic rings. The van der Waals surface area contributed by atoms with Crippen molar-refractivity contribution in [2.75, 3.05) is 26.2 Å². The van der Waals surface area contributed by atoms with E-state index < -0.39 is 0 Å². The van der Waals surface area contributed by atoms with Gasteiger partial charge < -0.3 is 4.90 Å². The number of halogens is 1. The molecule has 2 aliphatic heterocycles. The van der Waals surface area contributed by atoms with Crippen LogP contribution in [0.3, 0.4) is 0 Å². The SMILES string of the molecule is O=C(CCC1CNNC1)N1CCCC(c2ccc(Cl)cc2)C1. The van der Waals surface area contributed by atoms with E-state index in [1.165, 1.54) is 5.56 Å². The fraction of sp³-hybridized carbons (Fsp3) is 0.588. The van der Waals surface area contributed by atoms with Crippen LogP contribution >= 0.6 is 11.6 Å². The smallest absolute Gasteiger partial charge is 0.222 e. The van der Waals surface area contributed by atoms with Crippen molar-refractivity contribution in [1.29, 1.82) is 0 Å². The first-order valence-electron chi connectivity index (χ1n) is 8.21. The van der Waals surface area contributed by atoms with Crippen molar-refractivity contribution >= 4 is 17.5 Å². The highest BCUT2D eigenvalue weighted by Gasteiger charge is 2.25. The van der Waals surface area contributed by atoms with E-state index in [0.29, 0.717) is 24.2 Å². The van der Waals surface area contributed by atoms with Gasteiger partial charge in [-0.15, -0.1) is 0 Å². The Morgan fingerprint density at radius 2 is 1.95 bits per heavy atom. The van der Waals surface area contributed by atoms with E-state index in [0.717, 1.165) is 50.5 Å². The van der Waals surface area contributed by atoms with Crippen molar-refractivity contribution in [2.24, 2.45) is 5.92 Å². The van der Waals surface area contributed by atoms with Gasteiger partial charge in [-0.3, -0.25) is 15.6 Å². The number of amides is 1. The Morgan fingerprint density at radius 1 is 1.23 bits per heavy atom. The Labute approximate surface area is 137 Å². The third-order valence-electron chi connectivity index (χ3n) is 4.79. The van der Waals surface area contributed by atoms with Gasteiger partial charge in [0.05, 0.1) is 0 Å². The van der Waals surface area contributed by atoms with Gasteiger partial charge in [-0.2, -0.15) is 0 Å². The normalized spacial score (nSPS) is 23.0. The van der Waals surface area contributed by atoms with Crippen LogP contribution in [0.5, 0.6) is 0 Å². The summed E-state index contributed by atoms with van der Waals surface area (Å²) < 4.78 is 0. The number of benzene rings is 1. The van der Waals surface area contributed by atoms with Crippen molar-refractivity contribution in [3.8, 4) is 0 Å². The molecule has 2 heterocycles. The van der Waals surface area contributed by atoms with Crippen LogP contribution in [-0.4, -0.2) is 37.0 Å². The lowest BCUT2D eigenvalue weighted by Crippen LogP contribution is -2.39. The van der Waals surface area contributed by atoms with Crippen molar-refractivity contribution in [3.05, 3.63) is 34.9 Å². The average molecular weight is 322 g/mol. The topological polar surface area (TPSA) is 44.4 Å². The van der Waals surface area contributed by atoms with Gasteiger partial charge in [-0.1, -0.05) is 23.7 Å². The molecule has 5 heteroatoms. The molecule has 2 saturated heterocycles. The fourth-order valence-corrected chi connectivity index (χ4v) is 3.53. The molecular formula is C17H24ClN3O. The predicted octanol–water partition coefficient (Wildman–Crippen LogP) is 2.55. The van der Waals surface area contributed by atoms with Crippen molar-refractivity contribution < 1.29 is 4.79 Å². The summed E-state index contributed by atoms with van der Waals surface area (Å²) in [6.07, 6.45) is 3.88. The minimum Gasteiger partial charge on any atom is -0.342 e. The Balaban J connectivity index is 1.53. The molecule has 1 amide bonds. The summed E-state index contributed by atoms with van der Waals surface area (Å²) in [4.78, 5) is 14.5. The fourth-order valence-electron chi connectivity index (χ4n) is 3.41. The molecule has 3 rings (SSSR count). The molecule has 0 radical (unpaired) electrons. The van der Waals surface area contributed by atoms with Crippen LogP contribution in [0.1, 0.15) is 37.2 Å². The van der Waals surface area contributed by atoms with E-state index in [4.69, 9.17) is 11.6 Å². The minimum absolute atomic E-state index is 0.311. The molecule has 2 aliphatic rings. The highest BCUT2D eigenvalue weighted by Crippen LogP contribution is 2.28. The number of hydrogen-bond acceptors (Lipinski definition) is 3. The highest BCUT2D eigenvalue weighted by atomic mass is 35.5. The monoisotopic (exact) mass is 321 g/mol. The van der Waals surface area contributed by atoms with E-state index in [1.54, 1.807) is 0 Å². The van der Waals surface area contributed by atoms with Crippen molar-refractivity contribution in [1.82, 2.24) is 15.8 Å². The van der Waals surface area contributed by atoms with Crippen LogP contribution in [0.2, 0.25) is 5.02 Å². The third kappa shape index (κ3) is 4.00. The molecule has 2 fully saturated rings. The molecule has 4 nitrogen and oxygen atoms in total. The van der Waals surface area contributed by atoms with E-state index >= 15 is 0 Å². The van der Waals surface area contributed by atoms with E-state index in [-0.39, 0.29) is 0 Å². The van der Waals surface area contributed by atoms with E-state index in [2.05, 4.69) is 27.9 Å². The molecule has 1 aromatic carbocycles. The molecular weight excluding hydrogens is 298 g/mol. The number of rotatable bonds is 4.